The Bertz CT molecular complexity index is 947. The van der Waals surface area contributed by atoms with Gasteiger partial charge in [-0.1, -0.05) is 42.5 Å². The molecule has 1 fully saturated rings. The normalized spacial score (nSPS) is 20.5. The lowest BCUT2D eigenvalue weighted by Crippen LogP contribution is -2.63. The molecule has 0 aromatic heterocycles. The first kappa shape index (κ1) is 18.8. The maximum absolute atomic E-state index is 12.9. The number of amides is 2. The highest BCUT2D eigenvalue weighted by Crippen LogP contribution is 2.34. The Kier molecular flexibility index (Phi) is 4.85. The van der Waals surface area contributed by atoms with Gasteiger partial charge in [-0.25, -0.2) is 14.5 Å². The number of hydrogen-bond acceptors (Lipinski definition) is 7. The molecule has 1 N–H and O–H groups in total. The second-order valence-corrected chi connectivity index (χ2v) is 6.80. The van der Waals surface area contributed by atoms with Gasteiger partial charge in [-0.2, -0.15) is 0 Å². The minimum Gasteiger partial charge on any atom is -0.429 e. The van der Waals surface area contributed by atoms with E-state index >= 15 is 0 Å². The lowest BCUT2D eigenvalue weighted by Gasteiger charge is -2.34. The molecule has 2 aliphatic heterocycles. The summed E-state index contributed by atoms with van der Waals surface area (Å²) in [6, 6.07) is 15.2. The number of carbonyl (C=O) groups excluding carboxylic acids is 4. The number of nitrogens with zero attached hydrogens (tertiary/aromatic N) is 1. The highest BCUT2D eigenvalue weighted by Gasteiger charge is 2.56. The maximum atomic E-state index is 12.9. The summed E-state index contributed by atoms with van der Waals surface area (Å²) in [5.74, 6) is -2.24. The number of nitrogens with one attached hydrogen (secondary N) is 1. The third kappa shape index (κ3) is 3.27. The van der Waals surface area contributed by atoms with E-state index in [0.29, 0.717) is 13.0 Å². The molecule has 2 aliphatic rings. The van der Waals surface area contributed by atoms with Crippen LogP contribution in [0.2, 0.25) is 0 Å². The SMILES string of the molecule is O=C(OCc1ccccc1)OC(=O)[C@]1(N2C(=O)c3ccccc3C2=O)CCCN1. The largest absolute Gasteiger partial charge is 0.516 e. The van der Waals surface area contributed by atoms with Crippen LogP contribution in [0.4, 0.5) is 4.79 Å². The van der Waals surface area contributed by atoms with E-state index in [9.17, 15) is 19.2 Å². The van der Waals surface area contributed by atoms with Gasteiger partial charge in [0.25, 0.3) is 11.8 Å². The number of esters is 1. The fraction of sp³-hybridized carbons (Fsp3) is 0.238. The van der Waals surface area contributed by atoms with E-state index in [0.717, 1.165) is 10.5 Å². The summed E-state index contributed by atoms with van der Waals surface area (Å²) in [5.41, 5.74) is -0.583. The standard InChI is InChI=1S/C21H18N2O6/c24-17-15-9-4-5-10-16(15)18(25)23(17)21(11-6-12-22-21)19(26)29-20(27)28-13-14-7-2-1-3-8-14/h1-5,7-10,22H,6,11-13H2/t21-/m1/s1. The van der Waals surface area contributed by atoms with Crippen molar-refractivity contribution in [2.75, 3.05) is 6.54 Å². The minimum absolute atomic E-state index is 0.0690. The molecular weight excluding hydrogens is 376 g/mol. The van der Waals surface area contributed by atoms with Crippen LogP contribution in [0.25, 0.3) is 0 Å². The van der Waals surface area contributed by atoms with E-state index in [1.165, 1.54) is 12.1 Å². The first-order chi connectivity index (χ1) is 14.0. The molecule has 0 unspecified atom stereocenters. The summed E-state index contributed by atoms with van der Waals surface area (Å²) < 4.78 is 9.84. The van der Waals surface area contributed by atoms with Gasteiger partial charge >= 0.3 is 12.1 Å². The van der Waals surface area contributed by atoms with Gasteiger partial charge in [0.2, 0.25) is 5.66 Å². The van der Waals surface area contributed by atoms with Crippen molar-refractivity contribution in [1.29, 1.82) is 0 Å². The molecule has 1 atom stereocenters. The number of ether oxygens (including phenoxy) is 2. The fourth-order valence-corrected chi connectivity index (χ4v) is 3.63. The molecule has 2 aromatic carbocycles. The minimum atomic E-state index is -1.74. The highest BCUT2D eigenvalue weighted by molar-refractivity contribution is 6.23. The van der Waals surface area contributed by atoms with Gasteiger partial charge in [-0.3, -0.25) is 14.9 Å². The molecular formula is C21H18N2O6. The van der Waals surface area contributed by atoms with Crippen LogP contribution in [0.15, 0.2) is 54.6 Å². The van der Waals surface area contributed by atoms with E-state index in [4.69, 9.17) is 9.47 Å². The molecule has 8 nitrogen and oxygen atoms in total. The fourth-order valence-electron chi connectivity index (χ4n) is 3.63. The summed E-state index contributed by atoms with van der Waals surface area (Å²) in [4.78, 5) is 51.5. The molecule has 2 aromatic rings. The Labute approximate surface area is 166 Å². The summed E-state index contributed by atoms with van der Waals surface area (Å²) in [6.45, 7) is 0.321. The maximum Gasteiger partial charge on any atom is 0.516 e. The zero-order chi connectivity index (χ0) is 20.4. The highest BCUT2D eigenvalue weighted by atomic mass is 16.7. The Hall–Kier alpha value is -3.52. The molecule has 148 valence electrons. The van der Waals surface area contributed by atoms with Gasteiger partial charge in [0.15, 0.2) is 0 Å². The zero-order valence-corrected chi connectivity index (χ0v) is 15.4. The van der Waals surface area contributed by atoms with E-state index in [2.05, 4.69) is 5.32 Å². The molecule has 29 heavy (non-hydrogen) atoms. The summed E-state index contributed by atoms with van der Waals surface area (Å²) >= 11 is 0. The average Bonchev–Trinajstić information content (AvgIpc) is 3.32. The second kappa shape index (κ2) is 7.48. The Morgan fingerprint density at radius 2 is 1.59 bits per heavy atom. The Balaban J connectivity index is 1.51. The number of fused-ring (bicyclic) bond motifs is 1. The van der Waals surface area contributed by atoms with Gasteiger partial charge in [0, 0.05) is 0 Å². The Morgan fingerprint density at radius 1 is 0.966 bits per heavy atom. The summed E-state index contributed by atoms with van der Waals surface area (Å²) in [5, 5.41) is 2.89. The Morgan fingerprint density at radius 3 is 2.17 bits per heavy atom. The van der Waals surface area contributed by atoms with Crippen LogP contribution in [0, 0.1) is 0 Å². The van der Waals surface area contributed by atoms with E-state index < -0.39 is 29.6 Å². The van der Waals surface area contributed by atoms with E-state index in [-0.39, 0.29) is 24.2 Å². The molecule has 0 spiro atoms. The summed E-state index contributed by atoms with van der Waals surface area (Å²) in [6.07, 6.45) is -0.520. The van der Waals surface area contributed by atoms with Crippen LogP contribution in [0.5, 0.6) is 0 Å². The molecule has 0 radical (unpaired) electrons. The lowest BCUT2D eigenvalue weighted by molar-refractivity contribution is -0.152. The van der Waals surface area contributed by atoms with E-state index in [1.807, 2.05) is 6.07 Å². The van der Waals surface area contributed by atoms with Crippen LogP contribution in [-0.4, -0.2) is 41.0 Å². The van der Waals surface area contributed by atoms with E-state index in [1.54, 1.807) is 36.4 Å². The molecule has 0 bridgehead atoms. The molecule has 4 rings (SSSR count). The average molecular weight is 394 g/mol. The number of hydrogen-bond donors (Lipinski definition) is 1. The first-order valence-electron chi connectivity index (χ1n) is 9.19. The topological polar surface area (TPSA) is 102 Å². The molecule has 2 amide bonds. The molecule has 1 saturated heterocycles. The predicted octanol–water partition coefficient (Wildman–Crippen LogP) is 2.24. The van der Waals surface area contributed by atoms with Crippen LogP contribution in [0.1, 0.15) is 39.1 Å². The number of imide groups is 1. The lowest BCUT2D eigenvalue weighted by atomic mass is 10.1. The summed E-state index contributed by atoms with van der Waals surface area (Å²) in [7, 11) is 0. The van der Waals surface area contributed by atoms with Gasteiger partial charge in [-0.05, 0) is 37.1 Å². The van der Waals surface area contributed by atoms with Crippen molar-refractivity contribution < 1.29 is 28.7 Å². The van der Waals surface area contributed by atoms with Crippen molar-refractivity contribution in [3.63, 3.8) is 0 Å². The van der Waals surface area contributed by atoms with Crippen molar-refractivity contribution >= 4 is 23.9 Å². The number of carbonyl (C=O) groups is 4. The molecule has 0 saturated carbocycles. The predicted molar refractivity (Wildman–Crippen MR) is 99.6 cm³/mol. The van der Waals surface area contributed by atoms with Crippen molar-refractivity contribution in [2.24, 2.45) is 0 Å². The second-order valence-electron chi connectivity index (χ2n) is 6.80. The number of benzene rings is 2. The quantitative estimate of drug-likeness (QED) is 0.482. The van der Waals surface area contributed by atoms with Crippen LogP contribution in [0.3, 0.4) is 0 Å². The van der Waals surface area contributed by atoms with Crippen molar-refractivity contribution in [3.8, 4) is 0 Å². The van der Waals surface area contributed by atoms with Crippen LogP contribution in [-0.2, 0) is 20.9 Å². The van der Waals surface area contributed by atoms with Crippen LogP contribution < -0.4 is 5.32 Å². The zero-order valence-electron chi connectivity index (χ0n) is 15.4. The third-order valence-electron chi connectivity index (χ3n) is 5.02. The van der Waals surface area contributed by atoms with Crippen LogP contribution >= 0.6 is 0 Å². The van der Waals surface area contributed by atoms with Gasteiger partial charge in [-0.15, -0.1) is 0 Å². The third-order valence-corrected chi connectivity index (χ3v) is 5.02. The van der Waals surface area contributed by atoms with Crippen molar-refractivity contribution in [3.05, 3.63) is 71.3 Å². The first-order valence-corrected chi connectivity index (χ1v) is 9.19. The molecule has 8 heteroatoms. The molecule has 2 heterocycles. The smallest absolute Gasteiger partial charge is 0.429 e. The van der Waals surface area contributed by atoms with Gasteiger partial charge in [0.1, 0.15) is 6.61 Å². The number of rotatable bonds is 4. The van der Waals surface area contributed by atoms with Crippen molar-refractivity contribution in [2.45, 2.75) is 25.1 Å². The monoisotopic (exact) mass is 394 g/mol. The van der Waals surface area contributed by atoms with Gasteiger partial charge < -0.3 is 9.47 Å². The molecule has 0 aliphatic carbocycles. The van der Waals surface area contributed by atoms with Crippen molar-refractivity contribution in [1.82, 2.24) is 10.2 Å². The van der Waals surface area contributed by atoms with Gasteiger partial charge in [0.05, 0.1) is 11.1 Å².